The average Bonchev–Trinajstić information content (AvgIpc) is 2.34. The summed E-state index contributed by atoms with van der Waals surface area (Å²) in [5, 5.41) is 9.56. The number of hydrogen-bond donors (Lipinski definition) is 1. The highest BCUT2D eigenvalue weighted by Gasteiger charge is 2.04. The number of pyridine rings is 1. The van der Waals surface area contributed by atoms with Gasteiger partial charge in [0.05, 0.1) is 14.6 Å². The molecule has 0 aliphatic carbocycles. The number of phenolic OH excluding ortho intramolecular Hbond substituents is 1. The standard InChI is InChI=1S/C12H8Br2N2O/c13-10-5-9(6-11(14)12(10)17)16-7-8-1-3-15-4-2-8/h1-7,17H. The van der Waals surface area contributed by atoms with E-state index in [1.165, 1.54) is 0 Å². The Labute approximate surface area is 115 Å². The molecule has 0 bridgehead atoms. The lowest BCUT2D eigenvalue weighted by Gasteiger charge is -2.01. The number of aliphatic imine (C=N–C) groups is 1. The lowest BCUT2D eigenvalue weighted by Crippen LogP contribution is -1.80. The second kappa shape index (κ2) is 5.42. The van der Waals surface area contributed by atoms with Gasteiger partial charge >= 0.3 is 0 Å². The minimum atomic E-state index is 0.174. The SMILES string of the molecule is Oc1c(Br)cc(N=Cc2ccncc2)cc1Br. The molecule has 3 nitrogen and oxygen atoms in total. The van der Waals surface area contributed by atoms with Gasteiger partial charge in [-0.2, -0.15) is 0 Å². The van der Waals surface area contributed by atoms with Gasteiger partial charge in [0, 0.05) is 18.6 Å². The fourth-order valence-electron chi connectivity index (χ4n) is 1.23. The quantitative estimate of drug-likeness (QED) is 0.825. The third-order valence-corrected chi connectivity index (χ3v) is 3.28. The number of hydrogen-bond acceptors (Lipinski definition) is 3. The predicted octanol–water partition coefficient (Wildman–Crippen LogP) is 4.06. The molecule has 1 N–H and O–H groups in total. The van der Waals surface area contributed by atoms with Gasteiger partial charge in [-0.15, -0.1) is 0 Å². The maximum atomic E-state index is 9.56. The molecule has 5 heteroatoms. The third kappa shape index (κ3) is 3.14. The number of benzene rings is 1. The van der Waals surface area contributed by atoms with Crippen molar-refractivity contribution >= 4 is 43.8 Å². The first-order valence-corrected chi connectivity index (χ1v) is 6.37. The first-order chi connectivity index (χ1) is 8.16. The van der Waals surface area contributed by atoms with E-state index in [-0.39, 0.29) is 5.75 Å². The maximum absolute atomic E-state index is 9.56. The van der Waals surface area contributed by atoms with Crippen LogP contribution in [0.4, 0.5) is 5.69 Å². The Morgan fingerprint density at radius 2 is 1.71 bits per heavy atom. The van der Waals surface area contributed by atoms with Crippen LogP contribution >= 0.6 is 31.9 Å². The first-order valence-electron chi connectivity index (χ1n) is 4.79. The van der Waals surface area contributed by atoms with E-state index in [1.807, 2.05) is 12.1 Å². The fraction of sp³-hybridized carbons (Fsp3) is 0. The highest BCUT2D eigenvalue weighted by atomic mass is 79.9. The lowest BCUT2D eigenvalue weighted by atomic mass is 10.3. The lowest BCUT2D eigenvalue weighted by molar-refractivity contribution is 0.468. The van der Waals surface area contributed by atoms with Crippen LogP contribution in [0, 0.1) is 0 Å². The molecule has 2 rings (SSSR count). The third-order valence-electron chi connectivity index (χ3n) is 2.07. The van der Waals surface area contributed by atoms with Crippen molar-refractivity contribution in [3.05, 3.63) is 51.2 Å². The summed E-state index contributed by atoms with van der Waals surface area (Å²) >= 11 is 6.52. The molecule has 86 valence electrons. The maximum Gasteiger partial charge on any atom is 0.144 e. The summed E-state index contributed by atoms with van der Waals surface area (Å²) < 4.78 is 1.21. The minimum absolute atomic E-state index is 0.174. The van der Waals surface area contributed by atoms with E-state index in [4.69, 9.17) is 0 Å². The van der Waals surface area contributed by atoms with E-state index in [9.17, 15) is 5.11 Å². The zero-order valence-electron chi connectivity index (χ0n) is 8.64. The molecular weight excluding hydrogens is 348 g/mol. The van der Waals surface area contributed by atoms with Gasteiger partial charge in [-0.25, -0.2) is 0 Å². The second-order valence-electron chi connectivity index (χ2n) is 3.30. The van der Waals surface area contributed by atoms with Gasteiger partial charge < -0.3 is 5.11 Å². The van der Waals surface area contributed by atoms with Crippen LogP contribution in [0.1, 0.15) is 5.56 Å². The van der Waals surface area contributed by atoms with Gasteiger partial charge in [0.25, 0.3) is 0 Å². The molecule has 17 heavy (non-hydrogen) atoms. The van der Waals surface area contributed by atoms with Crippen LogP contribution in [0.5, 0.6) is 5.75 Å². The second-order valence-corrected chi connectivity index (χ2v) is 5.01. The molecule has 0 spiro atoms. The molecule has 0 unspecified atom stereocenters. The van der Waals surface area contributed by atoms with Crippen molar-refractivity contribution < 1.29 is 5.11 Å². The molecule has 0 aliphatic heterocycles. The van der Waals surface area contributed by atoms with Crippen LogP contribution < -0.4 is 0 Å². The summed E-state index contributed by atoms with van der Waals surface area (Å²) in [7, 11) is 0. The molecule has 0 amide bonds. The molecule has 0 aliphatic rings. The predicted molar refractivity (Wildman–Crippen MR) is 75.0 cm³/mol. The number of aromatic nitrogens is 1. The molecule has 0 radical (unpaired) electrons. The smallest absolute Gasteiger partial charge is 0.144 e. The molecular formula is C12H8Br2N2O. The number of phenols is 1. The van der Waals surface area contributed by atoms with Crippen molar-refractivity contribution in [2.75, 3.05) is 0 Å². The Morgan fingerprint density at radius 1 is 1.12 bits per heavy atom. The highest BCUT2D eigenvalue weighted by molar-refractivity contribution is 9.11. The normalized spacial score (nSPS) is 10.9. The topological polar surface area (TPSA) is 45.5 Å². The summed E-state index contributed by atoms with van der Waals surface area (Å²) in [6.45, 7) is 0. The van der Waals surface area contributed by atoms with Gasteiger partial charge in [-0.05, 0) is 61.7 Å². The molecule has 2 aromatic rings. The van der Waals surface area contributed by atoms with Gasteiger partial charge in [-0.1, -0.05) is 0 Å². The number of rotatable bonds is 2. The Balaban J connectivity index is 2.28. The van der Waals surface area contributed by atoms with E-state index in [1.54, 1.807) is 30.7 Å². The first kappa shape index (κ1) is 12.3. The molecule has 1 heterocycles. The Morgan fingerprint density at radius 3 is 2.29 bits per heavy atom. The van der Waals surface area contributed by atoms with Crippen LogP contribution in [0.3, 0.4) is 0 Å². The van der Waals surface area contributed by atoms with E-state index in [0.29, 0.717) is 8.95 Å². The molecule has 1 aromatic heterocycles. The summed E-state index contributed by atoms with van der Waals surface area (Å²) in [4.78, 5) is 8.25. The van der Waals surface area contributed by atoms with E-state index >= 15 is 0 Å². The Hall–Kier alpha value is -1.20. The van der Waals surface area contributed by atoms with Crippen molar-refractivity contribution in [2.45, 2.75) is 0 Å². The molecule has 0 saturated carbocycles. The summed E-state index contributed by atoms with van der Waals surface area (Å²) in [6.07, 6.45) is 5.17. The minimum Gasteiger partial charge on any atom is -0.506 e. The van der Waals surface area contributed by atoms with Crippen molar-refractivity contribution in [1.82, 2.24) is 4.98 Å². The van der Waals surface area contributed by atoms with E-state index in [2.05, 4.69) is 41.8 Å². The average molecular weight is 356 g/mol. The van der Waals surface area contributed by atoms with Crippen LogP contribution in [0.15, 0.2) is 50.6 Å². The fourth-order valence-corrected chi connectivity index (χ4v) is 2.39. The highest BCUT2D eigenvalue weighted by Crippen LogP contribution is 2.36. The molecule has 0 fully saturated rings. The summed E-state index contributed by atoms with van der Waals surface area (Å²) in [6, 6.07) is 7.23. The van der Waals surface area contributed by atoms with Crippen molar-refractivity contribution in [1.29, 1.82) is 0 Å². The molecule has 1 aromatic carbocycles. The van der Waals surface area contributed by atoms with Crippen LogP contribution in [-0.4, -0.2) is 16.3 Å². The monoisotopic (exact) mass is 354 g/mol. The van der Waals surface area contributed by atoms with Crippen molar-refractivity contribution in [3.8, 4) is 5.75 Å². The number of aromatic hydroxyl groups is 1. The number of nitrogens with zero attached hydrogens (tertiary/aromatic N) is 2. The van der Waals surface area contributed by atoms with Crippen molar-refractivity contribution in [2.24, 2.45) is 4.99 Å². The van der Waals surface area contributed by atoms with Gasteiger partial charge in [0.2, 0.25) is 0 Å². The number of halogens is 2. The summed E-state index contributed by atoms with van der Waals surface area (Å²) in [5.74, 6) is 0.174. The zero-order valence-corrected chi connectivity index (χ0v) is 11.8. The largest absolute Gasteiger partial charge is 0.506 e. The van der Waals surface area contributed by atoms with E-state index in [0.717, 1.165) is 11.3 Å². The zero-order chi connectivity index (χ0) is 12.3. The summed E-state index contributed by atoms with van der Waals surface area (Å²) in [5.41, 5.74) is 1.72. The van der Waals surface area contributed by atoms with Gasteiger partial charge in [0.1, 0.15) is 5.75 Å². The van der Waals surface area contributed by atoms with Crippen LogP contribution in [-0.2, 0) is 0 Å². The van der Waals surface area contributed by atoms with Crippen molar-refractivity contribution in [3.63, 3.8) is 0 Å². The molecule has 0 saturated heterocycles. The Kier molecular flexibility index (Phi) is 3.91. The van der Waals surface area contributed by atoms with Gasteiger partial charge in [0.15, 0.2) is 0 Å². The van der Waals surface area contributed by atoms with Crippen LogP contribution in [0.25, 0.3) is 0 Å². The molecule has 0 atom stereocenters. The van der Waals surface area contributed by atoms with Gasteiger partial charge in [-0.3, -0.25) is 9.98 Å². The van der Waals surface area contributed by atoms with E-state index < -0.39 is 0 Å². The van der Waals surface area contributed by atoms with Crippen LogP contribution in [0.2, 0.25) is 0 Å². The Bertz CT molecular complexity index is 533.